The smallest absolute Gasteiger partial charge is 0.405 e. The van der Waals surface area contributed by atoms with E-state index in [2.05, 4.69) is 36.6 Å². The van der Waals surface area contributed by atoms with Crippen molar-refractivity contribution in [3.8, 4) is 5.75 Å². The summed E-state index contributed by atoms with van der Waals surface area (Å²) in [6.45, 7) is 0. The molecule has 3 aromatic carbocycles. The van der Waals surface area contributed by atoms with Gasteiger partial charge in [-0.05, 0) is 64.5 Å². The highest BCUT2D eigenvalue weighted by molar-refractivity contribution is 9.10. The molecule has 0 amide bonds. The number of benzene rings is 3. The monoisotopic (exact) mass is 485 g/mol. The number of halogens is 5. The van der Waals surface area contributed by atoms with Gasteiger partial charge in [0.05, 0.1) is 4.47 Å². The van der Waals surface area contributed by atoms with Crippen LogP contribution in [0.3, 0.4) is 0 Å². The van der Waals surface area contributed by atoms with Crippen molar-refractivity contribution in [2.45, 2.75) is 6.36 Å². The largest absolute Gasteiger partial charge is 0.573 e. The number of alkyl halides is 3. The van der Waals surface area contributed by atoms with Crippen LogP contribution in [0.1, 0.15) is 0 Å². The van der Waals surface area contributed by atoms with Crippen molar-refractivity contribution in [1.29, 1.82) is 0 Å². The molecule has 0 aliphatic heterocycles. The molecule has 0 bridgehead atoms. The van der Waals surface area contributed by atoms with Crippen molar-refractivity contribution in [3.63, 3.8) is 0 Å². The molecular formula is C19H12Br2F3NO. The Hall–Kier alpha value is -1.99. The molecule has 3 aromatic rings. The van der Waals surface area contributed by atoms with Crippen molar-refractivity contribution in [2.75, 3.05) is 4.90 Å². The van der Waals surface area contributed by atoms with Crippen LogP contribution >= 0.6 is 31.9 Å². The van der Waals surface area contributed by atoms with Crippen LogP contribution in [0.4, 0.5) is 30.2 Å². The summed E-state index contributed by atoms with van der Waals surface area (Å²) in [5.74, 6) is -0.298. The standard InChI is InChI=1S/C19H12Br2F3NO/c20-13-6-8-15(9-7-13)25(14-4-2-1-3-5-14)16-10-11-17(21)18(12-16)26-19(22,23)24/h1-12H. The summed E-state index contributed by atoms with van der Waals surface area (Å²) in [7, 11) is 0. The van der Waals surface area contributed by atoms with Gasteiger partial charge in [0.1, 0.15) is 5.75 Å². The van der Waals surface area contributed by atoms with E-state index in [0.29, 0.717) is 5.69 Å². The Kier molecular flexibility index (Phi) is 5.58. The SMILES string of the molecule is FC(F)(F)Oc1cc(N(c2ccccc2)c2ccc(Br)cc2)ccc1Br. The maximum absolute atomic E-state index is 12.7. The molecule has 2 nitrogen and oxygen atoms in total. The molecule has 0 radical (unpaired) electrons. The topological polar surface area (TPSA) is 12.5 Å². The first-order valence-corrected chi connectivity index (χ1v) is 9.08. The molecule has 0 spiro atoms. The second-order valence-electron chi connectivity index (χ2n) is 5.31. The van der Waals surface area contributed by atoms with E-state index in [4.69, 9.17) is 0 Å². The predicted octanol–water partition coefficient (Wildman–Crippen LogP) is 7.58. The van der Waals surface area contributed by atoms with Gasteiger partial charge >= 0.3 is 6.36 Å². The highest BCUT2D eigenvalue weighted by Gasteiger charge is 2.32. The summed E-state index contributed by atoms with van der Waals surface area (Å²) in [6.07, 6.45) is -4.77. The van der Waals surface area contributed by atoms with Crippen molar-refractivity contribution in [2.24, 2.45) is 0 Å². The number of rotatable bonds is 4. The number of hydrogen-bond donors (Lipinski definition) is 0. The Morgan fingerprint density at radius 2 is 1.31 bits per heavy atom. The van der Waals surface area contributed by atoms with Gasteiger partial charge in [-0.2, -0.15) is 0 Å². The number of anilines is 3. The highest BCUT2D eigenvalue weighted by Crippen LogP contribution is 2.40. The molecule has 0 aromatic heterocycles. The third-order valence-electron chi connectivity index (χ3n) is 3.50. The van der Waals surface area contributed by atoms with E-state index in [9.17, 15) is 13.2 Å². The second kappa shape index (κ2) is 7.72. The molecule has 0 saturated heterocycles. The van der Waals surface area contributed by atoms with Gasteiger partial charge in [-0.25, -0.2) is 0 Å². The lowest BCUT2D eigenvalue weighted by molar-refractivity contribution is -0.274. The lowest BCUT2D eigenvalue weighted by Gasteiger charge is -2.26. The molecular weight excluding hydrogens is 475 g/mol. The molecule has 0 aliphatic rings. The summed E-state index contributed by atoms with van der Waals surface area (Å²) in [6, 6.07) is 21.5. The van der Waals surface area contributed by atoms with Gasteiger partial charge in [-0.1, -0.05) is 34.1 Å². The number of para-hydroxylation sites is 1. The highest BCUT2D eigenvalue weighted by atomic mass is 79.9. The van der Waals surface area contributed by atoms with Gasteiger partial charge in [0.25, 0.3) is 0 Å². The van der Waals surface area contributed by atoms with Crippen molar-refractivity contribution in [1.82, 2.24) is 0 Å². The molecule has 0 saturated carbocycles. The normalized spacial score (nSPS) is 11.3. The third kappa shape index (κ3) is 4.59. The Balaban J connectivity index is 2.10. The van der Waals surface area contributed by atoms with Crippen molar-refractivity contribution in [3.05, 3.63) is 81.7 Å². The molecule has 7 heteroatoms. The van der Waals surface area contributed by atoms with Gasteiger partial charge in [-0.15, -0.1) is 13.2 Å². The Morgan fingerprint density at radius 3 is 1.92 bits per heavy atom. The number of hydrogen-bond acceptors (Lipinski definition) is 2. The fraction of sp³-hybridized carbons (Fsp3) is 0.0526. The van der Waals surface area contributed by atoms with Gasteiger partial charge in [0, 0.05) is 27.6 Å². The van der Waals surface area contributed by atoms with Gasteiger partial charge in [0.15, 0.2) is 0 Å². The van der Waals surface area contributed by atoms with E-state index in [1.165, 1.54) is 12.1 Å². The molecule has 0 unspecified atom stereocenters. The maximum atomic E-state index is 12.7. The molecule has 0 fully saturated rings. The predicted molar refractivity (Wildman–Crippen MR) is 103 cm³/mol. The average Bonchev–Trinajstić information content (AvgIpc) is 2.59. The average molecular weight is 487 g/mol. The zero-order chi connectivity index (χ0) is 18.7. The van der Waals surface area contributed by atoms with Crippen LogP contribution in [0.25, 0.3) is 0 Å². The Bertz CT molecular complexity index is 884. The molecule has 0 aliphatic carbocycles. The van der Waals surface area contributed by atoms with Crippen LogP contribution in [0.2, 0.25) is 0 Å². The van der Waals surface area contributed by atoms with Crippen LogP contribution in [0.15, 0.2) is 81.7 Å². The van der Waals surface area contributed by atoms with Crippen LogP contribution < -0.4 is 9.64 Å². The van der Waals surface area contributed by atoms with Crippen LogP contribution in [0.5, 0.6) is 5.75 Å². The fourth-order valence-electron chi connectivity index (χ4n) is 2.45. The summed E-state index contributed by atoms with van der Waals surface area (Å²) < 4.78 is 43.3. The third-order valence-corrected chi connectivity index (χ3v) is 4.68. The molecule has 26 heavy (non-hydrogen) atoms. The van der Waals surface area contributed by atoms with Crippen molar-refractivity contribution < 1.29 is 17.9 Å². The van der Waals surface area contributed by atoms with Crippen LogP contribution in [0, 0.1) is 0 Å². The van der Waals surface area contributed by atoms with Crippen molar-refractivity contribution >= 4 is 48.9 Å². The first-order valence-electron chi connectivity index (χ1n) is 7.49. The first-order chi connectivity index (χ1) is 12.3. The number of nitrogens with zero attached hydrogens (tertiary/aromatic N) is 1. The molecule has 3 rings (SSSR count). The summed E-state index contributed by atoms with van der Waals surface area (Å²) >= 11 is 6.50. The number of ether oxygens (including phenoxy) is 1. The van der Waals surface area contributed by atoms with E-state index in [1.54, 1.807) is 6.07 Å². The zero-order valence-corrected chi connectivity index (χ0v) is 16.3. The first kappa shape index (κ1) is 18.8. The summed E-state index contributed by atoms with van der Waals surface area (Å²) in [4.78, 5) is 1.85. The Labute approximate surface area is 165 Å². The van der Waals surface area contributed by atoms with Gasteiger partial charge in [-0.3, -0.25) is 0 Å². The van der Waals surface area contributed by atoms with E-state index >= 15 is 0 Å². The summed E-state index contributed by atoms with van der Waals surface area (Å²) in [5, 5.41) is 0. The lowest BCUT2D eigenvalue weighted by Crippen LogP contribution is -2.18. The fourth-order valence-corrected chi connectivity index (χ4v) is 3.04. The second-order valence-corrected chi connectivity index (χ2v) is 7.08. The van der Waals surface area contributed by atoms with Crippen LogP contribution in [-0.2, 0) is 0 Å². The quantitative estimate of drug-likeness (QED) is 0.376. The minimum Gasteiger partial charge on any atom is -0.405 e. The Morgan fingerprint density at radius 1 is 0.731 bits per heavy atom. The lowest BCUT2D eigenvalue weighted by atomic mass is 10.2. The minimum atomic E-state index is -4.77. The van der Waals surface area contributed by atoms with E-state index < -0.39 is 6.36 Å². The zero-order valence-electron chi connectivity index (χ0n) is 13.2. The molecule has 0 atom stereocenters. The van der Waals surface area contributed by atoms with E-state index in [-0.39, 0.29) is 10.2 Å². The minimum absolute atomic E-state index is 0.224. The van der Waals surface area contributed by atoms with E-state index in [1.807, 2.05) is 59.5 Å². The maximum Gasteiger partial charge on any atom is 0.573 e. The van der Waals surface area contributed by atoms with E-state index in [0.717, 1.165) is 15.8 Å². The molecule has 134 valence electrons. The van der Waals surface area contributed by atoms with Gasteiger partial charge in [0.2, 0.25) is 0 Å². The molecule has 0 heterocycles. The molecule has 0 N–H and O–H groups in total. The van der Waals surface area contributed by atoms with Gasteiger partial charge < -0.3 is 9.64 Å². The van der Waals surface area contributed by atoms with Crippen LogP contribution in [-0.4, -0.2) is 6.36 Å². The summed E-state index contributed by atoms with van der Waals surface area (Å²) in [5.41, 5.74) is 2.16.